The van der Waals surface area contributed by atoms with Gasteiger partial charge in [0.05, 0.1) is 0 Å². The molecule has 7 nitrogen and oxygen atoms in total. The van der Waals surface area contributed by atoms with Gasteiger partial charge in [-0.15, -0.1) is 0 Å². The first-order valence-electron chi connectivity index (χ1n) is 12.0. The van der Waals surface area contributed by atoms with Gasteiger partial charge in [0.2, 0.25) is 5.95 Å². The van der Waals surface area contributed by atoms with Crippen molar-refractivity contribution in [1.82, 2.24) is 14.5 Å². The summed E-state index contributed by atoms with van der Waals surface area (Å²) in [6.07, 6.45) is 1.90. The lowest BCUT2D eigenvalue weighted by atomic mass is 10.1. The monoisotopic (exact) mass is 450 g/mol. The average Bonchev–Trinajstić information content (AvgIpc) is 3.09. The molecule has 0 aliphatic carbocycles. The Morgan fingerprint density at radius 1 is 1.00 bits per heavy atom. The highest BCUT2D eigenvalue weighted by molar-refractivity contribution is 5.94. The predicted octanol–water partition coefficient (Wildman–Crippen LogP) is 5.23. The number of nitrogens with one attached hydrogen (secondary N) is 1. The number of nitrogens with two attached hydrogens (primary N) is 1. The Kier molecular flexibility index (Phi) is 8.44. The fourth-order valence-electron chi connectivity index (χ4n) is 3.95. The van der Waals surface area contributed by atoms with Gasteiger partial charge < -0.3 is 16.0 Å². The molecule has 0 aliphatic rings. The Balaban J connectivity index is 1.98. The molecule has 0 aliphatic heterocycles. The Labute approximate surface area is 197 Å². The molecule has 0 bridgehead atoms. The SMILES string of the molecule is CC(=O)c1ccc(Nc2nc3ccc(N(CC(C)C)CC(C)C)nc3n2CCCCN)cc1. The maximum Gasteiger partial charge on any atom is 0.209 e. The van der Waals surface area contributed by atoms with Crippen molar-refractivity contribution >= 4 is 34.4 Å². The quantitative estimate of drug-likeness (QED) is 0.290. The number of unbranched alkanes of at least 4 members (excludes halogenated alkanes) is 1. The number of benzene rings is 1. The summed E-state index contributed by atoms with van der Waals surface area (Å²) in [5, 5.41) is 3.42. The topological polar surface area (TPSA) is 89.1 Å². The molecule has 7 heteroatoms. The molecule has 0 radical (unpaired) electrons. The summed E-state index contributed by atoms with van der Waals surface area (Å²) in [5.41, 5.74) is 9.07. The number of pyridine rings is 1. The van der Waals surface area contributed by atoms with Crippen LogP contribution in [0.15, 0.2) is 36.4 Å². The number of Topliss-reactive ketones (excluding diaryl/α,β-unsaturated/α-hetero) is 1. The van der Waals surface area contributed by atoms with Gasteiger partial charge in [-0.25, -0.2) is 9.97 Å². The number of carbonyl (C=O) groups is 1. The third-order valence-corrected chi connectivity index (χ3v) is 5.46. The van der Waals surface area contributed by atoms with E-state index in [1.807, 2.05) is 24.3 Å². The molecule has 1 aromatic carbocycles. The maximum absolute atomic E-state index is 11.6. The Bertz CT molecular complexity index is 1040. The lowest BCUT2D eigenvalue weighted by Gasteiger charge is -2.27. The predicted molar refractivity (Wildman–Crippen MR) is 137 cm³/mol. The zero-order chi connectivity index (χ0) is 24.0. The van der Waals surface area contributed by atoms with Crippen molar-refractivity contribution in [3.8, 4) is 0 Å². The van der Waals surface area contributed by atoms with Gasteiger partial charge >= 0.3 is 0 Å². The summed E-state index contributed by atoms with van der Waals surface area (Å²) in [6.45, 7) is 13.9. The average molecular weight is 451 g/mol. The first kappa shape index (κ1) is 24.7. The van der Waals surface area contributed by atoms with Gasteiger partial charge in [-0.2, -0.15) is 0 Å². The normalized spacial score (nSPS) is 11.5. The van der Waals surface area contributed by atoms with Gasteiger partial charge in [-0.3, -0.25) is 9.36 Å². The molecule has 2 aromatic heterocycles. The third-order valence-electron chi connectivity index (χ3n) is 5.46. The molecule has 0 fully saturated rings. The van der Waals surface area contributed by atoms with Crippen molar-refractivity contribution in [1.29, 1.82) is 0 Å². The van der Waals surface area contributed by atoms with Crippen molar-refractivity contribution < 1.29 is 4.79 Å². The van der Waals surface area contributed by atoms with E-state index < -0.39 is 0 Å². The van der Waals surface area contributed by atoms with Gasteiger partial charge in [-0.1, -0.05) is 27.7 Å². The second kappa shape index (κ2) is 11.3. The van der Waals surface area contributed by atoms with Gasteiger partial charge in [0.15, 0.2) is 11.4 Å². The number of rotatable bonds is 12. The van der Waals surface area contributed by atoms with Crippen molar-refractivity contribution in [2.75, 3.05) is 29.9 Å². The molecular formula is C26H38N6O. The summed E-state index contributed by atoms with van der Waals surface area (Å²) >= 11 is 0. The fraction of sp³-hybridized carbons (Fsp3) is 0.500. The molecule has 0 saturated heterocycles. The van der Waals surface area contributed by atoms with Crippen LogP contribution in [0.5, 0.6) is 0 Å². The van der Waals surface area contributed by atoms with Crippen LogP contribution in [0.2, 0.25) is 0 Å². The largest absolute Gasteiger partial charge is 0.356 e. The van der Waals surface area contributed by atoms with E-state index in [1.165, 1.54) is 0 Å². The standard InChI is InChI=1S/C26H38N6O/c1-18(2)16-31(17-19(3)4)24-13-12-23-25(30-24)32(15-7-6-14-27)26(29-23)28-22-10-8-21(9-11-22)20(5)33/h8-13,18-19H,6-7,14-17,27H2,1-5H3,(H,28,29). The summed E-state index contributed by atoms with van der Waals surface area (Å²) in [7, 11) is 0. The van der Waals surface area contributed by atoms with E-state index >= 15 is 0 Å². The molecule has 0 atom stereocenters. The van der Waals surface area contributed by atoms with E-state index in [2.05, 4.69) is 54.6 Å². The molecule has 3 rings (SSSR count). The number of hydrogen-bond acceptors (Lipinski definition) is 6. The Hall–Kier alpha value is -2.93. The second-order valence-corrected chi connectivity index (χ2v) is 9.55. The molecule has 3 N–H and O–H groups in total. The first-order valence-corrected chi connectivity index (χ1v) is 12.0. The van der Waals surface area contributed by atoms with Gasteiger partial charge in [0, 0.05) is 30.9 Å². The van der Waals surface area contributed by atoms with Crippen LogP contribution < -0.4 is 16.0 Å². The number of ketones is 1. The molecule has 0 amide bonds. The van der Waals surface area contributed by atoms with Gasteiger partial charge in [0.1, 0.15) is 11.3 Å². The van der Waals surface area contributed by atoms with E-state index in [0.717, 1.165) is 61.1 Å². The second-order valence-electron chi connectivity index (χ2n) is 9.55. The van der Waals surface area contributed by atoms with Crippen molar-refractivity contribution in [3.63, 3.8) is 0 Å². The molecule has 33 heavy (non-hydrogen) atoms. The van der Waals surface area contributed by atoms with E-state index in [9.17, 15) is 4.79 Å². The van der Waals surface area contributed by atoms with E-state index in [1.54, 1.807) is 6.92 Å². The summed E-state index contributed by atoms with van der Waals surface area (Å²) < 4.78 is 2.15. The van der Waals surface area contributed by atoms with E-state index in [0.29, 0.717) is 23.9 Å². The van der Waals surface area contributed by atoms with Crippen LogP contribution in [-0.4, -0.2) is 40.0 Å². The number of anilines is 3. The van der Waals surface area contributed by atoms with Crippen LogP contribution in [-0.2, 0) is 6.54 Å². The number of aryl methyl sites for hydroxylation is 1. The number of imidazole rings is 1. The molecule has 2 heterocycles. The van der Waals surface area contributed by atoms with Crippen LogP contribution >= 0.6 is 0 Å². The van der Waals surface area contributed by atoms with Crippen molar-refractivity contribution in [3.05, 3.63) is 42.0 Å². The zero-order valence-corrected chi connectivity index (χ0v) is 20.6. The highest BCUT2D eigenvalue weighted by Gasteiger charge is 2.17. The number of fused-ring (bicyclic) bond motifs is 1. The van der Waals surface area contributed by atoms with Crippen molar-refractivity contribution in [2.45, 2.75) is 54.0 Å². The maximum atomic E-state index is 11.6. The summed E-state index contributed by atoms with van der Waals surface area (Å²) in [5.74, 6) is 2.89. The third kappa shape index (κ3) is 6.54. The van der Waals surface area contributed by atoms with Gasteiger partial charge in [-0.05, 0) is 74.5 Å². The number of carbonyl (C=O) groups excluding carboxylic acids is 1. The Morgan fingerprint density at radius 2 is 1.67 bits per heavy atom. The number of nitrogens with zero attached hydrogens (tertiary/aromatic N) is 4. The van der Waals surface area contributed by atoms with E-state index in [4.69, 9.17) is 15.7 Å². The molecule has 0 saturated carbocycles. The smallest absolute Gasteiger partial charge is 0.209 e. The molecule has 3 aromatic rings. The highest BCUT2D eigenvalue weighted by atomic mass is 16.1. The summed E-state index contributed by atoms with van der Waals surface area (Å²) in [4.78, 5) is 23.9. The van der Waals surface area contributed by atoms with Gasteiger partial charge in [0.25, 0.3) is 0 Å². The molecule has 178 valence electrons. The van der Waals surface area contributed by atoms with Crippen molar-refractivity contribution in [2.24, 2.45) is 17.6 Å². The Morgan fingerprint density at radius 3 is 2.24 bits per heavy atom. The minimum atomic E-state index is 0.0552. The highest BCUT2D eigenvalue weighted by Crippen LogP contribution is 2.26. The molecule has 0 spiro atoms. The summed E-state index contributed by atoms with van der Waals surface area (Å²) in [6, 6.07) is 11.6. The van der Waals surface area contributed by atoms with Crippen LogP contribution in [0.3, 0.4) is 0 Å². The van der Waals surface area contributed by atoms with Crippen LogP contribution in [0.4, 0.5) is 17.5 Å². The number of hydrogen-bond donors (Lipinski definition) is 2. The van der Waals surface area contributed by atoms with E-state index in [-0.39, 0.29) is 5.78 Å². The number of aromatic nitrogens is 3. The van der Waals surface area contributed by atoms with Crippen LogP contribution in [0, 0.1) is 11.8 Å². The first-order chi connectivity index (χ1) is 15.8. The zero-order valence-electron chi connectivity index (χ0n) is 20.6. The minimum Gasteiger partial charge on any atom is -0.356 e. The lowest BCUT2D eigenvalue weighted by molar-refractivity contribution is 0.101. The van der Waals surface area contributed by atoms with Crippen LogP contribution in [0.1, 0.15) is 57.8 Å². The lowest BCUT2D eigenvalue weighted by Crippen LogP contribution is -2.32. The van der Waals surface area contributed by atoms with Crippen LogP contribution in [0.25, 0.3) is 11.2 Å². The minimum absolute atomic E-state index is 0.0552. The molecule has 0 unspecified atom stereocenters. The molecular weight excluding hydrogens is 412 g/mol. The fourth-order valence-corrected chi connectivity index (χ4v) is 3.95.